The predicted molar refractivity (Wildman–Crippen MR) is 123 cm³/mol. The minimum Gasteiger partial charge on any atom is -0.359 e. The summed E-state index contributed by atoms with van der Waals surface area (Å²) >= 11 is 0. The lowest BCUT2D eigenvalue weighted by Gasteiger charge is -2.41. The molecule has 8 heteroatoms. The Morgan fingerprint density at radius 1 is 1.12 bits per heavy atom. The molecule has 172 valence electrons. The Kier molecular flexibility index (Phi) is 6.53. The third kappa shape index (κ3) is 4.94. The summed E-state index contributed by atoms with van der Waals surface area (Å²) < 4.78 is 15.4. The lowest BCUT2D eigenvalue weighted by molar-refractivity contribution is -0.140. The van der Waals surface area contributed by atoms with E-state index in [9.17, 15) is 14.0 Å². The monoisotopic (exact) mass is 449 g/mol. The molecule has 0 unspecified atom stereocenters. The van der Waals surface area contributed by atoms with E-state index in [0.717, 1.165) is 22.4 Å². The van der Waals surface area contributed by atoms with Crippen LogP contribution in [0.1, 0.15) is 24.1 Å². The highest BCUT2D eigenvalue weighted by Crippen LogP contribution is 2.38. The Bertz CT molecular complexity index is 1150. The molecule has 1 saturated heterocycles. The fourth-order valence-electron chi connectivity index (χ4n) is 4.62. The molecule has 1 aliphatic heterocycles. The average Bonchev–Trinajstić information content (AvgIpc) is 3.23. The Labute approximate surface area is 192 Å². The Hall–Kier alpha value is -3.55. The molecule has 7 nitrogen and oxygen atoms in total. The normalized spacial score (nSPS) is 15.3. The summed E-state index contributed by atoms with van der Waals surface area (Å²) in [5.41, 5.74) is 2.81. The molecule has 1 fully saturated rings. The van der Waals surface area contributed by atoms with Gasteiger partial charge in [0.1, 0.15) is 12.4 Å². The SMILES string of the molecule is CNC(=O)C1(Cc2ccccc2-c2cccc(F)c2)CCN(C(=O)Cn2cc(C)nn2)CC1. The third-order valence-corrected chi connectivity index (χ3v) is 6.41. The van der Waals surface area contributed by atoms with Gasteiger partial charge in [0, 0.05) is 26.3 Å². The van der Waals surface area contributed by atoms with Crippen LogP contribution in [0.25, 0.3) is 11.1 Å². The number of nitrogens with zero attached hydrogens (tertiary/aromatic N) is 4. The summed E-state index contributed by atoms with van der Waals surface area (Å²) in [7, 11) is 1.65. The fourth-order valence-corrected chi connectivity index (χ4v) is 4.62. The van der Waals surface area contributed by atoms with Crippen molar-refractivity contribution in [1.82, 2.24) is 25.2 Å². The van der Waals surface area contributed by atoms with E-state index in [1.54, 1.807) is 24.2 Å². The van der Waals surface area contributed by atoms with Gasteiger partial charge in [-0.2, -0.15) is 0 Å². The number of likely N-dealkylation sites (tertiary alicyclic amines) is 1. The van der Waals surface area contributed by atoms with Crippen molar-refractivity contribution in [3.63, 3.8) is 0 Å². The van der Waals surface area contributed by atoms with Crippen LogP contribution in [-0.2, 0) is 22.6 Å². The fraction of sp³-hybridized carbons (Fsp3) is 0.360. The number of rotatable bonds is 6. The molecule has 2 amide bonds. The zero-order valence-electron chi connectivity index (χ0n) is 18.9. The molecule has 1 aliphatic rings. The molecule has 0 bridgehead atoms. The standard InChI is InChI=1S/C25H28FN5O2/c1-18-16-31(29-28-18)17-23(32)30-12-10-25(11-13-30,24(33)27-2)15-20-6-3-4-9-22(20)19-7-5-8-21(26)14-19/h3-9,14,16H,10-13,15,17H2,1-2H3,(H,27,33). The number of carbonyl (C=O) groups is 2. The van der Waals surface area contributed by atoms with Crippen molar-refractivity contribution in [2.45, 2.75) is 32.7 Å². The second-order valence-electron chi connectivity index (χ2n) is 8.64. The quantitative estimate of drug-likeness (QED) is 0.628. The molecule has 0 spiro atoms. The number of amides is 2. The first-order chi connectivity index (χ1) is 15.9. The summed E-state index contributed by atoms with van der Waals surface area (Å²) in [6.07, 6.45) is 3.35. The van der Waals surface area contributed by atoms with Crippen LogP contribution in [0.5, 0.6) is 0 Å². The van der Waals surface area contributed by atoms with Crippen LogP contribution >= 0.6 is 0 Å². The molecule has 2 aromatic carbocycles. The van der Waals surface area contributed by atoms with Crippen molar-refractivity contribution in [3.05, 3.63) is 71.8 Å². The molecule has 0 atom stereocenters. The highest BCUT2D eigenvalue weighted by Gasteiger charge is 2.42. The van der Waals surface area contributed by atoms with Gasteiger partial charge in [-0.1, -0.05) is 41.6 Å². The largest absolute Gasteiger partial charge is 0.359 e. The topological polar surface area (TPSA) is 80.1 Å². The highest BCUT2D eigenvalue weighted by atomic mass is 19.1. The van der Waals surface area contributed by atoms with Crippen molar-refractivity contribution < 1.29 is 14.0 Å². The number of piperidine rings is 1. The van der Waals surface area contributed by atoms with Crippen molar-refractivity contribution in [2.75, 3.05) is 20.1 Å². The Morgan fingerprint density at radius 2 is 1.88 bits per heavy atom. The molecule has 33 heavy (non-hydrogen) atoms. The number of benzene rings is 2. The zero-order chi connectivity index (χ0) is 23.4. The first kappa shape index (κ1) is 22.6. The lowest BCUT2D eigenvalue weighted by Crippen LogP contribution is -2.51. The number of hydrogen-bond donors (Lipinski definition) is 1. The number of halogens is 1. The molecule has 0 radical (unpaired) electrons. The first-order valence-corrected chi connectivity index (χ1v) is 11.1. The molecule has 1 aromatic heterocycles. The van der Waals surface area contributed by atoms with Gasteiger partial charge in [-0.25, -0.2) is 9.07 Å². The maximum absolute atomic E-state index is 13.9. The van der Waals surface area contributed by atoms with E-state index in [4.69, 9.17) is 0 Å². The van der Waals surface area contributed by atoms with E-state index in [1.165, 1.54) is 16.8 Å². The second-order valence-corrected chi connectivity index (χ2v) is 8.64. The molecule has 2 heterocycles. The van der Waals surface area contributed by atoms with Gasteiger partial charge >= 0.3 is 0 Å². The van der Waals surface area contributed by atoms with E-state index >= 15 is 0 Å². The summed E-state index contributed by atoms with van der Waals surface area (Å²) in [5.74, 6) is -0.362. The van der Waals surface area contributed by atoms with Crippen molar-refractivity contribution >= 4 is 11.8 Å². The van der Waals surface area contributed by atoms with Crippen LogP contribution in [-0.4, -0.2) is 51.8 Å². The predicted octanol–water partition coefficient (Wildman–Crippen LogP) is 2.99. The average molecular weight is 450 g/mol. The minimum absolute atomic E-state index is 0.0319. The number of nitrogens with one attached hydrogen (secondary N) is 1. The van der Waals surface area contributed by atoms with E-state index in [0.29, 0.717) is 32.4 Å². The maximum atomic E-state index is 13.9. The van der Waals surface area contributed by atoms with Crippen molar-refractivity contribution in [3.8, 4) is 11.1 Å². The molecule has 0 saturated carbocycles. The van der Waals surface area contributed by atoms with Crippen LogP contribution in [0.3, 0.4) is 0 Å². The second kappa shape index (κ2) is 9.52. The third-order valence-electron chi connectivity index (χ3n) is 6.41. The molecule has 1 N–H and O–H groups in total. The van der Waals surface area contributed by atoms with Gasteiger partial charge in [0.05, 0.1) is 11.1 Å². The van der Waals surface area contributed by atoms with E-state index in [2.05, 4.69) is 15.6 Å². The van der Waals surface area contributed by atoms with Gasteiger partial charge in [0.25, 0.3) is 0 Å². The minimum atomic E-state index is -0.640. The van der Waals surface area contributed by atoms with E-state index < -0.39 is 5.41 Å². The van der Waals surface area contributed by atoms with Crippen LogP contribution in [0, 0.1) is 18.2 Å². The number of hydrogen-bond acceptors (Lipinski definition) is 4. The first-order valence-electron chi connectivity index (χ1n) is 11.1. The van der Waals surface area contributed by atoms with Gasteiger partial charge in [0.2, 0.25) is 11.8 Å². The Morgan fingerprint density at radius 3 is 2.55 bits per heavy atom. The van der Waals surface area contributed by atoms with Crippen LogP contribution in [0.2, 0.25) is 0 Å². The number of aromatic nitrogens is 3. The van der Waals surface area contributed by atoms with Crippen LogP contribution < -0.4 is 5.32 Å². The number of aryl methyl sites for hydroxylation is 1. The van der Waals surface area contributed by atoms with Gasteiger partial charge in [-0.15, -0.1) is 5.10 Å². The van der Waals surface area contributed by atoms with Crippen molar-refractivity contribution in [1.29, 1.82) is 0 Å². The zero-order valence-corrected chi connectivity index (χ0v) is 18.9. The molecule has 4 rings (SSSR count). The maximum Gasteiger partial charge on any atom is 0.244 e. The molecule has 0 aliphatic carbocycles. The summed E-state index contributed by atoms with van der Waals surface area (Å²) in [5, 5.41) is 10.7. The Balaban J connectivity index is 1.53. The molecular weight excluding hydrogens is 421 g/mol. The molecular formula is C25H28FN5O2. The lowest BCUT2D eigenvalue weighted by atomic mass is 9.72. The number of carbonyl (C=O) groups excluding carboxylic acids is 2. The van der Waals surface area contributed by atoms with Gasteiger partial charge in [-0.05, 0) is 55.0 Å². The highest BCUT2D eigenvalue weighted by molar-refractivity contribution is 5.84. The molecule has 3 aromatic rings. The van der Waals surface area contributed by atoms with Crippen LogP contribution in [0.15, 0.2) is 54.7 Å². The smallest absolute Gasteiger partial charge is 0.244 e. The van der Waals surface area contributed by atoms with Gasteiger partial charge < -0.3 is 10.2 Å². The van der Waals surface area contributed by atoms with Gasteiger partial charge in [0.15, 0.2) is 0 Å². The van der Waals surface area contributed by atoms with E-state index in [-0.39, 0.29) is 24.2 Å². The summed E-state index contributed by atoms with van der Waals surface area (Å²) in [4.78, 5) is 27.6. The van der Waals surface area contributed by atoms with Crippen molar-refractivity contribution in [2.24, 2.45) is 5.41 Å². The summed E-state index contributed by atoms with van der Waals surface area (Å²) in [6.45, 7) is 2.94. The van der Waals surface area contributed by atoms with Crippen LogP contribution in [0.4, 0.5) is 4.39 Å². The summed E-state index contributed by atoms with van der Waals surface area (Å²) in [6, 6.07) is 14.3. The van der Waals surface area contributed by atoms with Gasteiger partial charge in [-0.3, -0.25) is 9.59 Å². The van der Waals surface area contributed by atoms with E-state index in [1.807, 2.05) is 37.3 Å².